The van der Waals surface area contributed by atoms with Crippen molar-refractivity contribution in [3.8, 4) is 34.0 Å². The quantitative estimate of drug-likeness (QED) is 0.348. The van der Waals surface area contributed by atoms with Gasteiger partial charge in [0.2, 0.25) is 0 Å². The third kappa shape index (κ3) is 4.81. The first-order valence-corrected chi connectivity index (χ1v) is 11.4. The zero-order chi connectivity index (χ0) is 22.4. The van der Waals surface area contributed by atoms with Crippen molar-refractivity contribution in [2.75, 3.05) is 26.4 Å². The Morgan fingerprint density at radius 3 is 1.69 bits per heavy atom. The van der Waals surface area contributed by atoms with Gasteiger partial charge < -0.3 is 18.9 Å². The van der Waals surface area contributed by atoms with Gasteiger partial charge in [-0.2, -0.15) is 5.10 Å². The second-order valence-electron chi connectivity index (χ2n) is 7.61. The average molecular weight is 516 g/mol. The van der Waals surface area contributed by atoms with Crippen molar-refractivity contribution < 1.29 is 18.9 Å². The van der Waals surface area contributed by atoms with Crippen LogP contribution in [0.15, 0.2) is 30.3 Å². The molecule has 0 saturated carbocycles. The smallest absolute Gasteiger partial charge is 0.156 e. The molecule has 168 valence electrons. The largest absolute Gasteiger partial charge is 0.488 e. The number of nitrogens with zero attached hydrogens (tertiary/aromatic N) is 2. The molecule has 2 fully saturated rings. The van der Waals surface area contributed by atoms with Crippen molar-refractivity contribution in [3.05, 3.63) is 50.4 Å². The summed E-state index contributed by atoms with van der Waals surface area (Å²) in [7, 11) is 1.84. The van der Waals surface area contributed by atoms with Crippen molar-refractivity contribution in [3.63, 3.8) is 0 Å². The van der Waals surface area contributed by atoms with Gasteiger partial charge in [-0.25, -0.2) is 0 Å². The molecule has 0 bridgehead atoms. The van der Waals surface area contributed by atoms with E-state index in [0.29, 0.717) is 63.7 Å². The SMILES string of the molecule is Cn1nc(-c2cc(Cl)c(OCC3CO3)c(Cl)c2)cc1-c1cc(Cl)c(OCC2CO2)c(Cl)c1. The summed E-state index contributed by atoms with van der Waals surface area (Å²) in [4.78, 5) is 0. The van der Waals surface area contributed by atoms with Crippen LogP contribution in [0.2, 0.25) is 20.1 Å². The molecule has 2 aliphatic heterocycles. The van der Waals surface area contributed by atoms with Gasteiger partial charge in [0.1, 0.15) is 25.4 Å². The minimum Gasteiger partial charge on any atom is -0.488 e. The molecule has 3 heterocycles. The van der Waals surface area contributed by atoms with Crippen molar-refractivity contribution in [2.45, 2.75) is 12.2 Å². The van der Waals surface area contributed by atoms with E-state index in [9.17, 15) is 0 Å². The van der Waals surface area contributed by atoms with E-state index in [2.05, 4.69) is 5.10 Å². The summed E-state index contributed by atoms with van der Waals surface area (Å²) in [5.74, 6) is 0.884. The van der Waals surface area contributed by atoms with Crippen LogP contribution in [0.4, 0.5) is 0 Å². The van der Waals surface area contributed by atoms with Crippen LogP contribution < -0.4 is 9.47 Å². The Hall–Kier alpha value is -1.67. The molecule has 0 N–H and O–H groups in total. The highest BCUT2D eigenvalue weighted by atomic mass is 35.5. The van der Waals surface area contributed by atoms with Gasteiger partial charge in [-0.05, 0) is 30.3 Å². The van der Waals surface area contributed by atoms with Crippen molar-refractivity contribution >= 4 is 46.4 Å². The number of hydrogen-bond acceptors (Lipinski definition) is 5. The monoisotopic (exact) mass is 514 g/mol. The van der Waals surface area contributed by atoms with Crippen LogP contribution in [0.1, 0.15) is 0 Å². The highest BCUT2D eigenvalue weighted by molar-refractivity contribution is 6.38. The lowest BCUT2D eigenvalue weighted by molar-refractivity contribution is 0.263. The molecular formula is C22H18Cl4N2O4. The lowest BCUT2D eigenvalue weighted by atomic mass is 10.1. The van der Waals surface area contributed by atoms with E-state index in [1.165, 1.54) is 0 Å². The van der Waals surface area contributed by atoms with E-state index < -0.39 is 0 Å². The van der Waals surface area contributed by atoms with Gasteiger partial charge in [0.05, 0.1) is 44.7 Å². The Bertz CT molecular complexity index is 1130. The fraction of sp³-hybridized carbons (Fsp3) is 0.318. The molecule has 0 spiro atoms. The summed E-state index contributed by atoms with van der Waals surface area (Å²) >= 11 is 25.7. The normalized spacial score (nSPS) is 19.2. The minimum absolute atomic E-state index is 0.109. The maximum atomic E-state index is 6.44. The van der Waals surface area contributed by atoms with Gasteiger partial charge in [-0.15, -0.1) is 0 Å². The predicted molar refractivity (Wildman–Crippen MR) is 125 cm³/mol. The molecule has 6 nitrogen and oxygen atoms in total. The maximum absolute atomic E-state index is 6.44. The number of aromatic nitrogens is 2. The third-order valence-electron chi connectivity index (χ3n) is 5.10. The Morgan fingerprint density at radius 2 is 1.25 bits per heavy atom. The zero-order valence-electron chi connectivity index (χ0n) is 16.9. The zero-order valence-corrected chi connectivity index (χ0v) is 19.9. The van der Waals surface area contributed by atoms with E-state index in [1.807, 2.05) is 13.1 Å². The highest BCUT2D eigenvalue weighted by Crippen LogP contribution is 2.41. The van der Waals surface area contributed by atoms with Gasteiger partial charge in [0.25, 0.3) is 0 Å². The summed E-state index contributed by atoms with van der Waals surface area (Å²) in [5.41, 5.74) is 3.08. The Balaban J connectivity index is 1.41. The van der Waals surface area contributed by atoms with Crippen LogP contribution in [-0.4, -0.2) is 48.4 Å². The van der Waals surface area contributed by atoms with Crippen LogP contribution in [0.5, 0.6) is 11.5 Å². The Labute approximate surface area is 204 Å². The predicted octanol–water partition coefficient (Wildman–Crippen LogP) is 5.92. The summed E-state index contributed by atoms with van der Waals surface area (Å²) in [5, 5.41) is 6.27. The van der Waals surface area contributed by atoms with Gasteiger partial charge in [0, 0.05) is 18.2 Å². The minimum atomic E-state index is 0.109. The topological polar surface area (TPSA) is 61.3 Å². The standard InChI is InChI=1S/C22H18Cl4N2O4/c1-28-20(12-4-17(25)22(18(26)5-12)32-10-14-8-30-14)6-19(27-28)11-2-15(23)21(16(24)3-11)31-9-13-7-29-13/h2-6,13-14H,7-10H2,1H3. The number of benzene rings is 2. The summed E-state index contributed by atoms with van der Waals surface area (Å²) in [6.07, 6.45) is 0.219. The van der Waals surface area contributed by atoms with Gasteiger partial charge in [-0.3, -0.25) is 4.68 Å². The van der Waals surface area contributed by atoms with Crippen LogP contribution in [0.25, 0.3) is 22.5 Å². The highest BCUT2D eigenvalue weighted by Gasteiger charge is 2.25. The summed E-state index contributed by atoms with van der Waals surface area (Å²) < 4.78 is 23.5. The third-order valence-corrected chi connectivity index (χ3v) is 6.22. The number of aryl methyl sites for hydroxylation is 1. The van der Waals surface area contributed by atoms with E-state index >= 15 is 0 Å². The molecule has 10 heteroatoms. The first-order valence-electron chi connectivity index (χ1n) is 9.90. The molecule has 2 aromatic carbocycles. The van der Waals surface area contributed by atoms with E-state index in [1.54, 1.807) is 28.9 Å². The maximum Gasteiger partial charge on any atom is 0.156 e. The number of rotatable bonds is 8. The summed E-state index contributed by atoms with van der Waals surface area (Å²) in [6.45, 7) is 2.23. The van der Waals surface area contributed by atoms with Gasteiger partial charge in [0.15, 0.2) is 11.5 Å². The van der Waals surface area contributed by atoms with Gasteiger partial charge in [-0.1, -0.05) is 46.4 Å². The van der Waals surface area contributed by atoms with E-state index in [4.69, 9.17) is 65.4 Å². The van der Waals surface area contributed by atoms with E-state index in [-0.39, 0.29) is 12.2 Å². The van der Waals surface area contributed by atoms with Crippen molar-refractivity contribution in [2.24, 2.45) is 7.05 Å². The second kappa shape index (κ2) is 8.93. The lowest BCUT2D eigenvalue weighted by Crippen LogP contribution is -2.05. The van der Waals surface area contributed by atoms with E-state index in [0.717, 1.165) is 16.8 Å². The van der Waals surface area contributed by atoms with Crippen molar-refractivity contribution in [1.29, 1.82) is 0 Å². The molecule has 2 saturated heterocycles. The fourth-order valence-electron chi connectivity index (χ4n) is 3.25. The lowest BCUT2D eigenvalue weighted by Gasteiger charge is -2.11. The Morgan fingerprint density at radius 1 is 0.812 bits per heavy atom. The number of ether oxygens (including phenoxy) is 4. The van der Waals surface area contributed by atoms with Gasteiger partial charge >= 0.3 is 0 Å². The van der Waals surface area contributed by atoms with Crippen LogP contribution in [0, 0.1) is 0 Å². The van der Waals surface area contributed by atoms with Crippen molar-refractivity contribution in [1.82, 2.24) is 9.78 Å². The number of hydrogen-bond donors (Lipinski definition) is 0. The number of halogens is 4. The van der Waals surface area contributed by atoms with Crippen LogP contribution in [0.3, 0.4) is 0 Å². The Kier molecular flexibility index (Phi) is 6.18. The molecule has 5 rings (SSSR count). The van der Waals surface area contributed by atoms with Crippen LogP contribution in [-0.2, 0) is 16.5 Å². The first-order chi connectivity index (χ1) is 15.4. The van der Waals surface area contributed by atoms with Crippen LogP contribution >= 0.6 is 46.4 Å². The summed E-state index contributed by atoms with van der Waals surface area (Å²) in [6, 6.07) is 9.07. The molecule has 1 aromatic heterocycles. The molecule has 32 heavy (non-hydrogen) atoms. The molecule has 3 aromatic rings. The molecule has 0 aliphatic carbocycles. The molecule has 0 amide bonds. The first kappa shape index (κ1) is 22.1. The average Bonchev–Trinajstić information content (AvgIpc) is 3.66. The molecule has 2 unspecified atom stereocenters. The fourth-order valence-corrected chi connectivity index (χ4v) is 4.44. The second-order valence-corrected chi connectivity index (χ2v) is 9.24. The number of epoxide rings is 2. The molecule has 2 atom stereocenters. The molecule has 2 aliphatic rings. The molecule has 0 radical (unpaired) electrons. The molecular weight excluding hydrogens is 498 g/mol.